The fourth-order valence-electron chi connectivity index (χ4n) is 2.89. The maximum Gasteiger partial charge on any atom is 0.243 e. The summed E-state index contributed by atoms with van der Waals surface area (Å²) in [7, 11) is -4.04. The highest BCUT2D eigenvalue weighted by molar-refractivity contribution is 7.89. The largest absolute Gasteiger partial charge is 0.299 e. The Morgan fingerprint density at radius 1 is 1.19 bits per heavy atom. The average molecular weight is 317 g/mol. The van der Waals surface area contributed by atoms with Crippen LogP contribution >= 0.6 is 0 Å². The van der Waals surface area contributed by atoms with Crippen LogP contribution in [0.3, 0.4) is 0 Å². The standard InChI is InChI=1S/C13H17F2N3O2S/c14-10-1-2-12(15)13(7-10)21(19,20)16-8-11-9-17-3-5-18(11)6-4-17/h1-2,7,11,16H,3-6,8-9H2. The third kappa shape index (κ3) is 3.08. The first-order valence-corrected chi connectivity index (χ1v) is 8.35. The molecular weight excluding hydrogens is 300 g/mol. The van der Waals surface area contributed by atoms with Crippen LogP contribution in [0.5, 0.6) is 0 Å². The van der Waals surface area contributed by atoms with Crippen LogP contribution < -0.4 is 4.72 Å². The van der Waals surface area contributed by atoms with Crippen LogP contribution in [-0.2, 0) is 10.0 Å². The number of nitrogens with zero attached hydrogens (tertiary/aromatic N) is 2. The molecule has 5 nitrogen and oxygen atoms in total. The number of piperazine rings is 3. The summed E-state index contributed by atoms with van der Waals surface area (Å²) in [4.78, 5) is 3.87. The van der Waals surface area contributed by atoms with E-state index in [2.05, 4.69) is 14.5 Å². The number of rotatable bonds is 4. The molecule has 2 bridgehead atoms. The minimum Gasteiger partial charge on any atom is -0.299 e. The molecule has 21 heavy (non-hydrogen) atoms. The minimum absolute atomic E-state index is 0.0823. The Morgan fingerprint density at radius 2 is 1.90 bits per heavy atom. The molecule has 4 rings (SSSR count). The van der Waals surface area contributed by atoms with E-state index < -0.39 is 26.6 Å². The Labute approximate surface area is 122 Å². The van der Waals surface area contributed by atoms with Gasteiger partial charge in [0.1, 0.15) is 16.5 Å². The van der Waals surface area contributed by atoms with E-state index in [4.69, 9.17) is 0 Å². The summed E-state index contributed by atoms with van der Waals surface area (Å²) in [5, 5.41) is 0. The molecule has 0 aromatic heterocycles. The Hall–Kier alpha value is -1.09. The van der Waals surface area contributed by atoms with Gasteiger partial charge >= 0.3 is 0 Å². The predicted molar refractivity (Wildman–Crippen MR) is 73.3 cm³/mol. The number of hydrogen-bond acceptors (Lipinski definition) is 4. The van der Waals surface area contributed by atoms with Gasteiger partial charge in [-0.1, -0.05) is 0 Å². The summed E-state index contributed by atoms with van der Waals surface area (Å²) >= 11 is 0. The number of sulfonamides is 1. The summed E-state index contributed by atoms with van der Waals surface area (Å²) in [6.07, 6.45) is 0. The molecule has 3 fully saturated rings. The average Bonchev–Trinajstić information content (AvgIpc) is 2.49. The van der Waals surface area contributed by atoms with Gasteiger partial charge in [-0.05, 0) is 18.2 Å². The van der Waals surface area contributed by atoms with Crippen LogP contribution in [0.1, 0.15) is 0 Å². The highest BCUT2D eigenvalue weighted by atomic mass is 32.2. The lowest BCUT2D eigenvalue weighted by molar-refractivity contribution is 0.0158. The third-order valence-corrected chi connectivity index (χ3v) is 5.52. The van der Waals surface area contributed by atoms with Crippen molar-refractivity contribution in [1.29, 1.82) is 0 Å². The van der Waals surface area contributed by atoms with Gasteiger partial charge in [0.15, 0.2) is 0 Å². The molecular formula is C13H17F2N3O2S. The zero-order valence-electron chi connectivity index (χ0n) is 11.4. The zero-order valence-corrected chi connectivity index (χ0v) is 12.2. The first-order chi connectivity index (χ1) is 9.95. The van der Waals surface area contributed by atoms with Gasteiger partial charge in [-0.3, -0.25) is 9.80 Å². The second-order valence-corrected chi connectivity index (χ2v) is 7.15. The summed E-state index contributed by atoms with van der Waals surface area (Å²) < 4.78 is 53.3. The molecule has 3 aliphatic heterocycles. The fraction of sp³-hybridized carbons (Fsp3) is 0.538. The van der Waals surface area contributed by atoms with E-state index in [1.54, 1.807) is 0 Å². The quantitative estimate of drug-likeness (QED) is 0.864. The molecule has 0 aliphatic carbocycles. The van der Waals surface area contributed by atoms with Crippen molar-refractivity contribution in [1.82, 2.24) is 14.5 Å². The van der Waals surface area contributed by atoms with Gasteiger partial charge in [-0.2, -0.15) is 0 Å². The van der Waals surface area contributed by atoms with Crippen molar-refractivity contribution in [3.05, 3.63) is 29.8 Å². The van der Waals surface area contributed by atoms with Crippen molar-refractivity contribution in [2.75, 3.05) is 39.3 Å². The first kappa shape index (κ1) is 14.8. The Kier molecular flexibility index (Phi) is 3.96. The van der Waals surface area contributed by atoms with Crippen LogP contribution in [0.15, 0.2) is 23.1 Å². The molecule has 1 N–H and O–H groups in total. The number of halogens is 2. The number of benzene rings is 1. The summed E-state index contributed by atoms with van der Waals surface area (Å²) in [5.41, 5.74) is 0. The van der Waals surface area contributed by atoms with Gasteiger partial charge < -0.3 is 0 Å². The summed E-state index contributed by atoms with van der Waals surface area (Å²) in [5.74, 6) is -1.72. The van der Waals surface area contributed by atoms with E-state index in [0.717, 1.165) is 44.9 Å². The van der Waals surface area contributed by atoms with Crippen molar-refractivity contribution < 1.29 is 17.2 Å². The second-order valence-electron chi connectivity index (χ2n) is 5.42. The molecule has 3 heterocycles. The number of fused-ring (bicyclic) bond motifs is 3. The molecule has 0 amide bonds. The fourth-order valence-corrected chi connectivity index (χ4v) is 4.04. The normalized spacial score (nSPS) is 28.8. The second kappa shape index (κ2) is 5.60. The summed E-state index contributed by atoms with van der Waals surface area (Å²) in [6, 6.07) is 2.50. The molecule has 1 unspecified atom stereocenters. The maximum atomic E-state index is 13.6. The van der Waals surface area contributed by atoms with Gasteiger partial charge in [-0.25, -0.2) is 21.9 Å². The third-order valence-electron chi connectivity index (χ3n) is 4.08. The van der Waals surface area contributed by atoms with Crippen molar-refractivity contribution in [3.8, 4) is 0 Å². The lowest BCUT2D eigenvalue weighted by Gasteiger charge is -2.47. The van der Waals surface area contributed by atoms with Crippen LogP contribution in [0.4, 0.5) is 8.78 Å². The number of hydrogen-bond donors (Lipinski definition) is 1. The maximum absolute atomic E-state index is 13.6. The van der Waals surface area contributed by atoms with Crippen molar-refractivity contribution in [3.63, 3.8) is 0 Å². The SMILES string of the molecule is O=S(=O)(NCC1CN2CCN1CC2)c1cc(F)ccc1F. The van der Waals surface area contributed by atoms with E-state index >= 15 is 0 Å². The highest BCUT2D eigenvalue weighted by Gasteiger charge is 2.32. The Bertz CT molecular complexity index is 630. The molecule has 0 saturated carbocycles. The van der Waals surface area contributed by atoms with Gasteiger partial charge in [0.25, 0.3) is 0 Å². The van der Waals surface area contributed by atoms with E-state index in [0.29, 0.717) is 6.07 Å². The molecule has 3 aliphatic rings. The van der Waals surface area contributed by atoms with Gasteiger partial charge in [0.2, 0.25) is 10.0 Å². The molecule has 1 atom stereocenters. The van der Waals surface area contributed by atoms with Gasteiger partial charge in [-0.15, -0.1) is 0 Å². The summed E-state index contributed by atoms with van der Waals surface area (Å²) in [6.45, 7) is 4.84. The molecule has 3 saturated heterocycles. The molecule has 1 aromatic carbocycles. The smallest absolute Gasteiger partial charge is 0.243 e. The highest BCUT2D eigenvalue weighted by Crippen LogP contribution is 2.18. The van der Waals surface area contributed by atoms with Crippen LogP contribution in [0.25, 0.3) is 0 Å². The molecule has 0 radical (unpaired) electrons. The van der Waals surface area contributed by atoms with Crippen LogP contribution in [0, 0.1) is 11.6 Å². The molecule has 8 heteroatoms. The van der Waals surface area contributed by atoms with Crippen molar-refractivity contribution in [2.24, 2.45) is 0 Å². The molecule has 1 aromatic rings. The minimum atomic E-state index is -4.04. The zero-order chi connectivity index (χ0) is 15.0. The predicted octanol–water partition coefficient (Wildman–Crippen LogP) is 0.243. The van der Waals surface area contributed by atoms with Crippen LogP contribution in [-0.4, -0.2) is 63.5 Å². The topological polar surface area (TPSA) is 52.7 Å². The Morgan fingerprint density at radius 3 is 2.52 bits per heavy atom. The van der Waals surface area contributed by atoms with E-state index in [1.165, 1.54) is 0 Å². The van der Waals surface area contributed by atoms with Crippen LogP contribution in [0.2, 0.25) is 0 Å². The lowest BCUT2D eigenvalue weighted by atomic mass is 10.1. The van der Waals surface area contributed by atoms with E-state index in [1.807, 2.05) is 0 Å². The number of nitrogens with one attached hydrogen (secondary N) is 1. The van der Waals surface area contributed by atoms with Gasteiger partial charge in [0, 0.05) is 45.3 Å². The lowest BCUT2D eigenvalue weighted by Crippen LogP contribution is -2.63. The molecule has 116 valence electrons. The monoisotopic (exact) mass is 317 g/mol. The van der Waals surface area contributed by atoms with E-state index in [9.17, 15) is 17.2 Å². The van der Waals surface area contributed by atoms with Crippen molar-refractivity contribution in [2.45, 2.75) is 10.9 Å². The van der Waals surface area contributed by atoms with E-state index in [-0.39, 0.29) is 12.6 Å². The Balaban J connectivity index is 1.70. The van der Waals surface area contributed by atoms with Crippen molar-refractivity contribution >= 4 is 10.0 Å². The van der Waals surface area contributed by atoms with Gasteiger partial charge in [0.05, 0.1) is 0 Å². The molecule has 0 spiro atoms. The first-order valence-electron chi connectivity index (χ1n) is 6.87.